The second-order valence-corrected chi connectivity index (χ2v) is 4.61. The molecule has 18 heavy (non-hydrogen) atoms. The van der Waals surface area contributed by atoms with Crippen LogP contribution < -0.4 is 5.32 Å². The third kappa shape index (κ3) is 3.16. The molecule has 2 N–H and O–H groups in total. The van der Waals surface area contributed by atoms with Crippen molar-refractivity contribution in [1.82, 2.24) is 14.9 Å². The van der Waals surface area contributed by atoms with Crippen molar-refractivity contribution in [3.8, 4) is 0 Å². The van der Waals surface area contributed by atoms with E-state index >= 15 is 0 Å². The smallest absolute Gasteiger partial charge is 0.356 e. The van der Waals surface area contributed by atoms with Crippen molar-refractivity contribution in [2.75, 3.05) is 25.5 Å². The average Bonchev–Trinajstić information content (AvgIpc) is 2.38. The van der Waals surface area contributed by atoms with Crippen LogP contribution in [0.5, 0.6) is 0 Å². The van der Waals surface area contributed by atoms with Gasteiger partial charge in [-0.15, -0.1) is 0 Å². The van der Waals surface area contributed by atoms with Crippen LogP contribution in [0.25, 0.3) is 0 Å². The fourth-order valence-corrected chi connectivity index (χ4v) is 2.18. The lowest BCUT2D eigenvalue weighted by Gasteiger charge is -2.32. The summed E-state index contributed by atoms with van der Waals surface area (Å²) in [5.41, 5.74) is -0.0306. The van der Waals surface area contributed by atoms with Crippen LogP contribution in [0.2, 0.25) is 0 Å². The maximum absolute atomic E-state index is 10.8. The number of nitrogens with zero attached hydrogens (tertiary/aromatic N) is 3. The number of anilines is 1. The van der Waals surface area contributed by atoms with E-state index in [1.165, 1.54) is 19.0 Å². The van der Waals surface area contributed by atoms with Crippen molar-refractivity contribution in [3.63, 3.8) is 0 Å². The fourth-order valence-electron chi connectivity index (χ4n) is 2.18. The SMILES string of the molecule is CN1CCCCC1CNc1cncc(C(=O)O)n1. The zero-order chi connectivity index (χ0) is 13.0. The number of carbonyl (C=O) groups is 1. The molecular formula is C12H18N4O2. The predicted octanol–water partition coefficient (Wildman–Crippen LogP) is 1.07. The molecule has 1 fully saturated rings. The van der Waals surface area contributed by atoms with Gasteiger partial charge in [0.2, 0.25) is 0 Å². The molecule has 0 spiro atoms. The van der Waals surface area contributed by atoms with Crippen LogP contribution in [0.15, 0.2) is 12.4 Å². The van der Waals surface area contributed by atoms with Gasteiger partial charge in [-0.25, -0.2) is 9.78 Å². The molecule has 2 heterocycles. The first-order valence-corrected chi connectivity index (χ1v) is 6.16. The standard InChI is InChI=1S/C12H18N4O2/c1-16-5-3-2-4-9(16)6-14-11-8-13-7-10(15-11)12(17)18/h7-9H,2-6H2,1H3,(H,14,15)(H,17,18). The molecule has 0 aliphatic carbocycles. The Hall–Kier alpha value is -1.69. The quantitative estimate of drug-likeness (QED) is 0.832. The topological polar surface area (TPSA) is 78.4 Å². The van der Waals surface area contributed by atoms with Gasteiger partial charge in [-0.2, -0.15) is 0 Å². The molecule has 1 unspecified atom stereocenters. The number of piperidine rings is 1. The molecule has 98 valence electrons. The number of carboxylic acid groups (broad SMARTS) is 1. The van der Waals surface area contributed by atoms with Crippen LogP contribution in [0.3, 0.4) is 0 Å². The number of aromatic nitrogens is 2. The van der Waals surface area contributed by atoms with Crippen LogP contribution >= 0.6 is 0 Å². The summed E-state index contributed by atoms with van der Waals surface area (Å²) in [6.07, 6.45) is 6.46. The minimum absolute atomic E-state index is 0.0306. The second-order valence-electron chi connectivity index (χ2n) is 4.61. The monoisotopic (exact) mass is 250 g/mol. The largest absolute Gasteiger partial charge is 0.476 e. The first-order chi connectivity index (χ1) is 8.66. The Balaban J connectivity index is 1.93. The van der Waals surface area contributed by atoms with Crippen LogP contribution in [-0.2, 0) is 0 Å². The van der Waals surface area contributed by atoms with Crippen LogP contribution in [-0.4, -0.2) is 52.1 Å². The molecule has 1 aromatic rings. The number of aromatic carboxylic acids is 1. The molecule has 2 rings (SSSR count). The number of hydrogen-bond donors (Lipinski definition) is 2. The number of likely N-dealkylation sites (tertiary alicyclic amines) is 1. The van der Waals surface area contributed by atoms with E-state index in [2.05, 4.69) is 27.2 Å². The molecule has 0 bridgehead atoms. The minimum atomic E-state index is -1.05. The minimum Gasteiger partial charge on any atom is -0.476 e. The van der Waals surface area contributed by atoms with Gasteiger partial charge < -0.3 is 15.3 Å². The van der Waals surface area contributed by atoms with E-state index in [0.717, 1.165) is 19.5 Å². The Bertz CT molecular complexity index is 424. The Morgan fingerprint density at radius 1 is 1.56 bits per heavy atom. The van der Waals surface area contributed by atoms with Crippen molar-refractivity contribution >= 4 is 11.8 Å². The van der Waals surface area contributed by atoms with Gasteiger partial charge in [0.1, 0.15) is 5.82 Å². The summed E-state index contributed by atoms with van der Waals surface area (Å²) in [6.45, 7) is 1.89. The maximum Gasteiger partial charge on any atom is 0.356 e. The van der Waals surface area contributed by atoms with E-state index < -0.39 is 5.97 Å². The van der Waals surface area contributed by atoms with E-state index in [0.29, 0.717) is 11.9 Å². The van der Waals surface area contributed by atoms with Crippen molar-refractivity contribution in [3.05, 3.63) is 18.1 Å². The van der Waals surface area contributed by atoms with Crippen molar-refractivity contribution < 1.29 is 9.90 Å². The second kappa shape index (κ2) is 5.77. The molecule has 0 aromatic carbocycles. The Morgan fingerprint density at radius 3 is 3.11 bits per heavy atom. The summed E-state index contributed by atoms with van der Waals surface area (Å²) in [7, 11) is 2.12. The number of likely N-dealkylation sites (N-methyl/N-ethyl adjacent to an activating group) is 1. The first-order valence-electron chi connectivity index (χ1n) is 6.16. The fraction of sp³-hybridized carbons (Fsp3) is 0.583. The third-order valence-electron chi connectivity index (χ3n) is 3.29. The van der Waals surface area contributed by atoms with Crippen molar-refractivity contribution in [1.29, 1.82) is 0 Å². The molecular weight excluding hydrogens is 232 g/mol. The van der Waals surface area contributed by atoms with E-state index in [1.54, 1.807) is 6.20 Å². The van der Waals surface area contributed by atoms with Crippen LogP contribution in [0.1, 0.15) is 29.8 Å². The maximum atomic E-state index is 10.8. The molecule has 1 aromatic heterocycles. The predicted molar refractivity (Wildman–Crippen MR) is 67.8 cm³/mol. The number of nitrogens with one attached hydrogen (secondary N) is 1. The van der Waals surface area contributed by atoms with Gasteiger partial charge in [-0.3, -0.25) is 4.98 Å². The Morgan fingerprint density at radius 2 is 2.39 bits per heavy atom. The zero-order valence-corrected chi connectivity index (χ0v) is 10.5. The van der Waals surface area contributed by atoms with Gasteiger partial charge in [0.15, 0.2) is 5.69 Å². The lowest BCUT2D eigenvalue weighted by molar-refractivity contribution is 0.0690. The summed E-state index contributed by atoms with van der Waals surface area (Å²) in [5, 5.41) is 12.0. The van der Waals surface area contributed by atoms with Gasteiger partial charge in [-0.05, 0) is 26.4 Å². The highest BCUT2D eigenvalue weighted by atomic mass is 16.4. The van der Waals surface area contributed by atoms with Gasteiger partial charge >= 0.3 is 5.97 Å². The molecule has 1 atom stereocenters. The zero-order valence-electron chi connectivity index (χ0n) is 10.5. The van der Waals surface area contributed by atoms with E-state index in [-0.39, 0.29) is 5.69 Å². The van der Waals surface area contributed by atoms with Crippen molar-refractivity contribution in [2.45, 2.75) is 25.3 Å². The lowest BCUT2D eigenvalue weighted by atomic mass is 10.0. The summed E-state index contributed by atoms with van der Waals surface area (Å²) in [4.78, 5) is 21.0. The number of carboxylic acids is 1. The normalized spacial score (nSPS) is 20.6. The van der Waals surface area contributed by atoms with Crippen molar-refractivity contribution in [2.24, 2.45) is 0 Å². The van der Waals surface area contributed by atoms with Crippen LogP contribution in [0.4, 0.5) is 5.82 Å². The average molecular weight is 250 g/mol. The van der Waals surface area contributed by atoms with Gasteiger partial charge in [-0.1, -0.05) is 6.42 Å². The van der Waals surface area contributed by atoms with E-state index in [9.17, 15) is 4.79 Å². The molecule has 1 aliphatic heterocycles. The molecule has 6 nitrogen and oxygen atoms in total. The molecule has 1 aliphatic rings. The Kier molecular flexibility index (Phi) is 4.09. The third-order valence-corrected chi connectivity index (χ3v) is 3.29. The summed E-state index contributed by atoms with van der Waals surface area (Å²) >= 11 is 0. The molecule has 0 saturated carbocycles. The molecule has 0 radical (unpaired) electrons. The van der Waals surface area contributed by atoms with E-state index in [4.69, 9.17) is 5.11 Å². The molecule has 6 heteroatoms. The number of hydrogen-bond acceptors (Lipinski definition) is 5. The van der Waals surface area contributed by atoms with Gasteiger partial charge in [0.25, 0.3) is 0 Å². The highest BCUT2D eigenvalue weighted by Gasteiger charge is 2.18. The summed E-state index contributed by atoms with van der Waals surface area (Å²) in [5.74, 6) is -0.533. The summed E-state index contributed by atoms with van der Waals surface area (Å²) in [6, 6.07) is 0.481. The summed E-state index contributed by atoms with van der Waals surface area (Å²) < 4.78 is 0. The van der Waals surface area contributed by atoms with Gasteiger partial charge in [0.05, 0.1) is 12.4 Å². The lowest BCUT2D eigenvalue weighted by Crippen LogP contribution is -2.40. The molecule has 0 amide bonds. The highest BCUT2D eigenvalue weighted by Crippen LogP contribution is 2.15. The van der Waals surface area contributed by atoms with E-state index in [1.807, 2.05) is 0 Å². The van der Waals surface area contributed by atoms with Gasteiger partial charge in [0, 0.05) is 12.6 Å². The van der Waals surface area contributed by atoms with Crippen LogP contribution in [0, 0.1) is 0 Å². The molecule has 1 saturated heterocycles. The number of rotatable bonds is 4. The Labute approximate surface area is 106 Å². The first kappa shape index (κ1) is 12.8. The highest BCUT2D eigenvalue weighted by molar-refractivity contribution is 5.85.